The lowest BCUT2D eigenvalue weighted by Crippen LogP contribution is -1.95. The van der Waals surface area contributed by atoms with E-state index in [-0.39, 0.29) is 6.42 Å². The molecule has 1 rings (SSSR count). The van der Waals surface area contributed by atoms with Crippen LogP contribution < -0.4 is 0 Å². The molecule has 92 valence electrons. The normalized spacial score (nSPS) is 11.2. The molecule has 3 nitrogen and oxygen atoms in total. The van der Waals surface area contributed by atoms with Gasteiger partial charge in [-0.25, -0.2) is 0 Å². The number of rotatable bonds is 5. The lowest BCUT2D eigenvalue weighted by molar-refractivity contribution is 0.112. The van der Waals surface area contributed by atoms with E-state index in [9.17, 15) is 4.79 Å². The first-order valence-electron chi connectivity index (χ1n) is 5.50. The molecule has 0 N–H and O–H groups in total. The molecule has 1 aromatic rings. The van der Waals surface area contributed by atoms with Gasteiger partial charge in [0.05, 0.1) is 25.4 Å². The second-order valence-corrected chi connectivity index (χ2v) is 3.74. The Morgan fingerprint density at radius 2 is 2.28 bits per heavy atom. The van der Waals surface area contributed by atoms with Gasteiger partial charge in [-0.3, -0.25) is 4.79 Å². The second kappa shape index (κ2) is 6.41. The third kappa shape index (κ3) is 2.86. The standard InChI is InChI=1S/C15H15NO2/c1-4-13-9-12(10-17)5-6-15(13)14(7-8-16)11(2)18-3/h4-6,9-10H,1,7H2,2-3H3/b14-11+. The molecule has 0 radical (unpaired) electrons. The van der Waals surface area contributed by atoms with E-state index in [0.29, 0.717) is 11.3 Å². The highest BCUT2D eigenvalue weighted by Gasteiger charge is 2.10. The fraction of sp³-hybridized carbons (Fsp3) is 0.200. The summed E-state index contributed by atoms with van der Waals surface area (Å²) in [5.74, 6) is 0.693. The Hall–Kier alpha value is -2.34. The zero-order chi connectivity index (χ0) is 13.5. The van der Waals surface area contributed by atoms with Crippen LogP contribution in [0.25, 0.3) is 11.6 Å². The number of hydrogen-bond donors (Lipinski definition) is 0. The minimum atomic E-state index is 0.251. The van der Waals surface area contributed by atoms with Crippen molar-refractivity contribution in [2.24, 2.45) is 0 Å². The molecule has 0 aromatic heterocycles. The van der Waals surface area contributed by atoms with Crippen molar-refractivity contribution in [1.82, 2.24) is 0 Å². The van der Waals surface area contributed by atoms with Gasteiger partial charge in [-0.15, -0.1) is 0 Å². The Kier molecular flexibility index (Phi) is 4.89. The van der Waals surface area contributed by atoms with E-state index in [1.165, 1.54) is 0 Å². The summed E-state index contributed by atoms with van der Waals surface area (Å²) >= 11 is 0. The number of nitriles is 1. The predicted octanol–water partition coefficient (Wildman–Crippen LogP) is 3.43. The van der Waals surface area contributed by atoms with Gasteiger partial charge < -0.3 is 4.74 Å². The summed E-state index contributed by atoms with van der Waals surface area (Å²) in [6, 6.07) is 7.40. The molecule has 0 aliphatic heterocycles. The zero-order valence-electron chi connectivity index (χ0n) is 10.6. The van der Waals surface area contributed by atoms with Crippen molar-refractivity contribution in [2.45, 2.75) is 13.3 Å². The monoisotopic (exact) mass is 241 g/mol. The molecule has 18 heavy (non-hydrogen) atoms. The molecule has 0 saturated heterocycles. The number of carbonyl (C=O) groups excluding carboxylic acids is 1. The van der Waals surface area contributed by atoms with Gasteiger partial charge in [0, 0.05) is 11.1 Å². The van der Waals surface area contributed by atoms with E-state index < -0.39 is 0 Å². The Labute approximate surface area is 107 Å². The summed E-state index contributed by atoms with van der Waals surface area (Å²) in [5.41, 5.74) is 3.09. The molecule has 1 aromatic carbocycles. The van der Waals surface area contributed by atoms with Crippen molar-refractivity contribution in [3.63, 3.8) is 0 Å². The lowest BCUT2D eigenvalue weighted by atomic mass is 9.95. The molecule has 0 saturated carbocycles. The maximum absolute atomic E-state index is 10.7. The van der Waals surface area contributed by atoms with E-state index in [2.05, 4.69) is 12.6 Å². The number of nitrogens with zero attached hydrogens (tertiary/aromatic N) is 1. The number of allylic oxidation sites excluding steroid dienone is 2. The molecule has 0 heterocycles. The van der Waals surface area contributed by atoms with Crippen molar-refractivity contribution in [3.8, 4) is 6.07 Å². The highest BCUT2D eigenvalue weighted by molar-refractivity contribution is 5.82. The van der Waals surface area contributed by atoms with Crippen LogP contribution in [-0.2, 0) is 4.74 Å². The minimum absolute atomic E-state index is 0.251. The average molecular weight is 241 g/mol. The summed E-state index contributed by atoms with van der Waals surface area (Å²) in [6.45, 7) is 5.55. The van der Waals surface area contributed by atoms with Gasteiger partial charge in [-0.2, -0.15) is 5.26 Å². The predicted molar refractivity (Wildman–Crippen MR) is 71.8 cm³/mol. The summed E-state index contributed by atoms with van der Waals surface area (Å²) < 4.78 is 5.20. The fourth-order valence-electron chi connectivity index (χ4n) is 1.71. The summed E-state index contributed by atoms with van der Waals surface area (Å²) in [5, 5.41) is 8.89. The molecular weight excluding hydrogens is 226 g/mol. The Bertz CT molecular complexity index is 536. The van der Waals surface area contributed by atoms with E-state index in [1.807, 2.05) is 13.0 Å². The van der Waals surface area contributed by atoms with Crippen LogP contribution in [0.2, 0.25) is 0 Å². The van der Waals surface area contributed by atoms with Gasteiger partial charge in [0.25, 0.3) is 0 Å². The quantitative estimate of drug-likeness (QED) is 0.586. The first-order valence-corrected chi connectivity index (χ1v) is 5.50. The van der Waals surface area contributed by atoms with Crippen LogP contribution in [0.4, 0.5) is 0 Å². The first kappa shape index (κ1) is 13.7. The SMILES string of the molecule is C=Cc1cc(C=O)ccc1/C(CC#N)=C(\C)OC. The molecule has 0 aliphatic rings. The topological polar surface area (TPSA) is 50.1 Å². The Balaban J connectivity index is 3.42. The Morgan fingerprint density at radius 1 is 1.56 bits per heavy atom. The van der Waals surface area contributed by atoms with Crippen LogP contribution in [0.15, 0.2) is 30.5 Å². The first-order chi connectivity index (χ1) is 8.67. The van der Waals surface area contributed by atoms with Gasteiger partial charge in [0.2, 0.25) is 0 Å². The van der Waals surface area contributed by atoms with E-state index in [4.69, 9.17) is 10.00 Å². The number of ether oxygens (including phenoxy) is 1. The van der Waals surface area contributed by atoms with Crippen molar-refractivity contribution < 1.29 is 9.53 Å². The van der Waals surface area contributed by atoms with E-state index >= 15 is 0 Å². The average Bonchev–Trinajstić information content (AvgIpc) is 2.43. The van der Waals surface area contributed by atoms with Gasteiger partial charge in [-0.1, -0.05) is 24.8 Å². The minimum Gasteiger partial charge on any atom is -0.501 e. The molecule has 0 fully saturated rings. The van der Waals surface area contributed by atoms with Crippen LogP contribution in [0, 0.1) is 11.3 Å². The molecule has 0 aliphatic carbocycles. The highest BCUT2D eigenvalue weighted by atomic mass is 16.5. The number of carbonyl (C=O) groups is 1. The highest BCUT2D eigenvalue weighted by Crippen LogP contribution is 2.27. The summed E-state index contributed by atoms with van der Waals surface area (Å²) in [7, 11) is 1.57. The lowest BCUT2D eigenvalue weighted by Gasteiger charge is -2.12. The number of methoxy groups -OCH3 is 1. The molecule has 3 heteroatoms. The van der Waals surface area contributed by atoms with Gasteiger partial charge in [0.15, 0.2) is 0 Å². The third-order valence-corrected chi connectivity index (χ3v) is 2.74. The summed E-state index contributed by atoms with van der Waals surface area (Å²) in [6.07, 6.45) is 2.71. The summed E-state index contributed by atoms with van der Waals surface area (Å²) in [4.78, 5) is 10.7. The maximum atomic E-state index is 10.7. The molecule has 0 amide bonds. The second-order valence-electron chi connectivity index (χ2n) is 3.74. The van der Waals surface area contributed by atoms with Crippen molar-refractivity contribution in [3.05, 3.63) is 47.2 Å². The van der Waals surface area contributed by atoms with E-state index in [1.54, 1.807) is 25.3 Å². The Morgan fingerprint density at radius 3 is 2.78 bits per heavy atom. The molecule has 0 bridgehead atoms. The third-order valence-electron chi connectivity index (χ3n) is 2.74. The van der Waals surface area contributed by atoms with Crippen molar-refractivity contribution in [1.29, 1.82) is 5.26 Å². The molecule has 0 unspecified atom stereocenters. The van der Waals surface area contributed by atoms with Crippen molar-refractivity contribution in [2.75, 3.05) is 7.11 Å². The van der Waals surface area contributed by atoms with Gasteiger partial charge >= 0.3 is 0 Å². The van der Waals surface area contributed by atoms with Crippen LogP contribution in [0.1, 0.15) is 34.8 Å². The molecular formula is C15H15NO2. The van der Waals surface area contributed by atoms with Crippen LogP contribution in [-0.4, -0.2) is 13.4 Å². The number of benzene rings is 1. The van der Waals surface area contributed by atoms with Gasteiger partial charge in [-0.05, 0) is 24.1 Å². The molecule has 0 spiro atoms. The zero-order valence-corrected chi connectivity index (χ0v) is 10.6. The molecule has 0 atom stereocenters. The largest absolute Gasteiger partial charge is 0.501 e. The van der Waals surface area contributed by atoms with Gasteiger partial charge in [0.1, 0.15) is 6.29 Å². The number of hydrogen-bond acceptors (Lipinski definition) is 3. The smallest absolute Gasteiger partial charge is 0.150 e. The fourth-order valence-corrected chi connectivity index (χ4v) is 1.71. The van der Waals surface area contributed by atoms with E-state index in [0.717, 1.165) is 23.0 Å². The van der Waals surface area contributed by atoms with Crippen LogP contribution in [0.3, 0.4) is 0 Å². The number of aldehydes is 1. The van der Waals surface area contributed by atoms with Crippen LogP contribution in [0.5, 0.6) is 0 Å². The van der Waals surface area contributed by atoms with Crippen LogP contribution >= 0.6 is 0 Å². The maximum Gasteiger partial charge on any atom is 0.150 e. The van der Waals surface area contributed by atoms with Crippen molar-refractivity contribution >= 4 is 17.9 Å².